The summed E-state index contributed by atoms with van der Waals surface area (Å²) in [7, 11) is 0. The number of piperidine rings is 1. The van der Waals surface area contributed by atoms with Gasteiger partial charge in [0.15, 0.2) is 0 Å². The van der Waals surface area contributed by atoms with E-state index in [1.165, 1.54) is 58.5 Å². The molecule has 7 rings (SSSR count). The standard InChI is InChI=1S/C24H44N6/c1-16(2)27-12-20-8-19(27)13-29(20)24(5,6)30-15-21-9-22(30)14-28(21)23(3,4)26-10-17-7-18(11-26)25-17/h16-22,25H,7-15H2,1-6H3/t17?,18?,19-,20-,21+,22+/m1/s1. The molecule has 7 aliphatic rings. The topological polar surface area (TPSA) is 28.2 Å². The van der Waals surface area contributed by atoms with Crippen molar-refractivity contribution in [3.05, 3.63) is 0 Å². The number of hydrogen-bond donors (Lipinski definition) is 1. The molecule has 0 aromatic heterocycles. The molecule has 0 amide bonds. The number of nitrogens with one attached hydrogen (secondary N) is 1. The minimum absolute atomic E-state index is 0.189. The van der Waals surface area contributed by atoms with Crippen molar-refractivity contribution in [2.24, 2.45) is 0 Å². The number of nitrogens with zero attached hydrogens (tertiary/aromatic N) is 5. The van der Waals surface area contributed by atoms with Gasteiger partial charge in [-0.3, -0.25) is 24.5 Å². The Hall–Kier alpha value is -0.240. The molecule has 7 heterocycles. The molecule has 0 aliphatic carbocycles. The van der Waals surface area contributed by atoms with E-state index in [2.05, 4.69) is 71.4 Å². The summed E-state index contributed by atoms with van der Waals surface area (Å²) in [6.45, 7) is 22.3. The lowest BCUT2D eigenvalue weighted by molar-refractivity contribution is -0.125. The Kier molecular flexibility index (Phi) is 4.51. The van der Waals surface area contributed by atoms with Gasteiger partial charge in [0, 0.05) is 81.6 Å². The lowest BCUT2D eigenvalue weighted by Gasteiger charge is -2.58. The Labute approximate surface area is 183 Å². The smallest absolute Gasteiger partial charge is 0.0686 e. The van der Waals surface area contributed by atoms with Crippen molar-refractivity contribution in [1.82, 2.24) is 29.8 Å². The van der Waals surface area contributed by atoms with Crippen LogP contribution in [-0.4, -0.2) is 117 Å². The van der Waals surface area contributed by atoms with E-state index < -0.39 is 0 Å². The normalized spacial score (nSPS) is 43.3. The van der Waals surface area contributed by atoms with Crippen molar-refractivity contribution in [2.45, 2.75) is 114 Å². The first-order chi connectivity index (χ1) is 14.1. The van der Waals surface area contributed by atoms with E-state index in [0.717, 1.165) is 36.3 Å². The average Bonchev–Trinajstić information content (AvgIpc) is 3.46. The monoisotopic (exact) mass is 416 g/mol. The van der Waals surface area contributed by atoms with Crippen LogP contribution in [0.3, 0.4) is 0 Å². The van der Waals surface area contributed by atoms with Crippen LogP contribution in [0.1, 0.15) is 60.8 Å². The quantitative estimate of drug-likeness (QED) is 0.729. The van der Waals surface area contributed by atoms with Crippen LogP contribution in [0.25, 0.3) is 0 Å². The van der Waals surface area contributed by atoms with Crippen molar-refractivity contribution in [3.63, 3.8) is 0 Å². The highest BCUT2D eigenvalue weighted by Crippen LogP contribution is 2.45. The zero-order chi connectivity index (χ0) is 21.0. The van der Waals surface area contributed by atoms with Gasteiger partial charge >= 0.3 is 0 Å². The van der Waals surface area contributed by atoms with Crippen molar-refractivity contribution >= 4 is 0 Å². The van der Waals surface area contributed by atoms with Gasteiger partial charge in [-0.25, -0.2) is 0 Å². The predicted octanol–water partition coefficient (Wildman–Crippen LogP) is 1.43. The van der Waals surface area contributed by atoms with Crippen LogP contribution in [0.15, 0.2) is 0 Å². The second-order valence-corrected chi connectivity index (χ2v) is 12.5. The van der Waals surface area contributed by atoms with Crippen LogP contribution in [-0.2, 0) is 0 Å². The van der Waals surface area contributed by atoms with Gasteiger partial charge in [0.2, 0.25) is 0 Å². The lowest BCUT2D eigenvalue weighted by atomic mass is 9.89. The van der Waals surface area contributed by atoms with E-state index in [-0.39, 0.29) is 11.3 Å². The molecule has 6 bridgehead atoms. The number of piperazine rings is 3. The summed E-state index contributed by atoms with van der Waals surface area (Å²) in [5.41, 5.74) is 0.383. The van der Waals surface area contributed by atoms with Crippen LogP contribution < -0.4 is 5.32 Å². The lowest BCUT2D eigenvalue weighted by Crippen LogP contribution is -2.74. The highest BCUT2D eigenvalue weighted by Gasteiger charge is 2.57. The average molecular weight is 417 g/mol. The van der Waals surface area contributed by atoms with Gasteiger partial charge in [-0.15, -0.1) is 0 Å². The molecular weight excluding hydrogens is 372 g/mol. The van der Waals surface area contributed by atoms with Crippen LogP contribution >= 0.6 is 0 Å². The Morgan fingerprint density at radius 2 is 1.10 bits per heavy atom. The number of fused-ring (bicyclic) bond motifs is 6. The highest BCUT2D eigenvalue weighted by molar-refractivity contribution is 5.12. The van der Waals surface area contributed by atoms with E-state index in [9.17, 15) is 0 Å². The summed E-state index contributed by atoms with van der Waals surface area (Å²) in [5.74, 6) is 0. The zero-order valence-electron chi connectivity index (χ0n) is 20.1. The van der Waals surface area contributed by atoms with Gasteiger partial charge in [0.25, 0.3) is 0 Å². The fourth-order valence-corrected chi connectivity index (χ4v) is 8.31. The van der Waals surface area contributed by atoms with Gasteiger partial charge in [-0.1, -0.05) is 0 Å². The maximum absolute atomic E-state index is 3.71. The second-order valence-electron chi connectivity index (χ2n) is 12.5. The Balaban J connectivity index is 1.13. The molecule has 0 aromatic carbocycles. The molecule has 0 radical (unpaired) electrons. The number of rotatable bonds is 5. The summed E-state index contributed by atoms with van der Waals surface area (Å²) in [4.78, 5) is 14.1. The molecule has 30 heavy (non-hydrogen) atoms. The third-order valence-electron chi connectivity index (χ3n) is 9.99. The fourth-order valence-electron chi connectivity index (χ4n) is 8.31. The van der Waals surface area contributed by atoms with Crippen molar-refractivity contribution < 1.29 is 0 Å². The zero-order valence-corrected chi connectivity index (χ0v) is 20.1. The van der Waals surface area contributed by atoms with E-state index in [1.807, 2.05) is 0 Å². The number of likely N-dealkylation sites (tertiary alicyclic amines) is 4. The molecular formula is C24H44N6. The van der Waals surface area contributed by atoms with Crippen molar-refractivity contribution in [2.75, 3.05) is 39.3 Å². The number of hydrogen-bond acceptors (Lipinski definition) is 6. The summed E-state index contributed by atoms with van der Waals surface area (Å²) >= 11 is 0. The van der Waals surface area contributed by atoms with E-state index in [1.54, 1.807) is 0 Å². The molecule has 170 valence electrons. The van der Waals surface area contributed by atoms with Gasteiger partial charge in [0.1, 0.15) is 0 Å². The second kappa shape index (κ2) is 6.64. The molecule has 7 aliphatic heterocycles. The predicted molar refractivity (Wildman–Crippen MR) is 121 cm³/mol. The molecule has 6 heteroatoms. The maximum Gasteiger partial charge on any atom is 0.0686 e. The van der Waals surface area contributed by atoms with Crippen molar-refractivity contribution in [3.8, 4) is 0 Å². The molecule has 0 aromatic rings. The first kappa shape index (κ1) is 20.4. The summed E-state index contributed by atoms with van der Waals surface area (Å²) in [6.07, 6.45) is 4.15. The van der Waals surface area contributed by atoms with Gasteiger partial charge in [0.05, 0.1) is 11.3 Å². The van der Waals surface area contributed by atoms with E-state index in [0.29, 0.717) is 6.04 Å². The molecule has 0 spiro atoms. The van der Waals surface area contributed by atoms with Crippen LogP contribution in [0, 0.1) is 0 Å². The van der Waals surface area contributed by atoms with Crippen molar-refractivity contribution in [1.29, 1.82) is 0 Å². The molecule has 2 unspecified atom stereocenters. The van der Waals surface area contributed by atoms with E-state index >= 15 is 0 Å². The Morgan fingerprint density at radius 1 is 0.633 bits per heavy atom. The Bertz CT molecular complexity index is 675. The first-order valence-electron chi connectivity index (χ1n) is 12.7. The molecule has 7 saturated heterocycles. The minimum Gasteiger partial charge on any atom is -0.309 e. The van der Waals surface area contributed by atoms with Gasteiger partial charge in [-0.2, -0.15) is 0 Å². The SMILES string of the molecule is CC(C)N1C[C@H]2C[C@@H]1CN2C(C)(C)N1C[C@@H]2C[C@H]1CN2C(C)(C)N1CC2CC(C1)N2. The van der Waals surface area contributed by atoms with Crippen LogP contribution in [0.2, 0.25) is 0 Å². The summed E-state index contributed by atoms with van der Waals surface area (Å²) in [5, 5.41) is 3.71. The minimum atomic E-state index is 0.189. The molecule has 0 saturated carbocycles. The fraction of sp³-hybridized carbons (Fsp3) is 1.00. The van der Waals surface area contributed by atoms with E-state index in [4.69, 9.17) is 0 Å². The van der Waals surface area contributed by atoms with Crippen LogP contribution in [0.4, 0.5) is 0 Å². The first-order valence-corrected chi connectivity index (χ1v) is 12.7. The summed E-state index contributed by atoms with van der Waals surface area (Å²) in [6, 6.07) is 5.17. The maximum atomic E-state index is 3.71. The largest absolute Gasteiger partial charge is 0.309 e. The van der Waals surface area contributed by atoms with Gasteiger partial charge < -0.3 is 5.32 Å². The third kappa shape index (κ3) is 2.83. The molecule has 6 atom stereocenters. The Morgan fingerprint density at radius 3 is 1.57 bits per heavy atom. The molecule has 1 N–H and O–H groups in total. The molecule has 6 nitrogen and oxygen atoms in total. The third-order valence-corrected chi connectivity index (χ3v) is 9.99. The van der Waals surface area contributed by atoms with Crippen LogP contribution in [0.5, 0.6) is 0 Å². The summed E-state index contributed by atoms with van der Waals surface area (Å²) < 4.78 is 0. The highest BCUT2D eigenvalue weighted by atomic mass is 15.5. The molecule has 7 fully saturated rings. The van der Waals surface area contributed by atoms with Gasteiger partial charge in [-0.05, 0) is 60.8 Å².